The zero-order chi connectivity index (χ0) is 9.84. The second-order valence-electron chi connectivity index (χ2n) is 4.09. The number of nitrogens with zero attached hydrogens (tertiary/aromatic N) is 1. The number of hydrogen-bond donors (Lipinski definition) is 0. The van der Waals surface area contributed by atoms with Crippen LogP contribution in [-0.4, -0.2) is 37.1 Å². The van der Waals surface area contributed by atoms with Crippen molar-refractivity contribution in [2.24, 2.45) is 5.92 Å². The van der Waals surface area contributed by atoms with Crippen molar-refractivity contribution in [1.82, 2.24) is 4.90 Å². The van der Waals surface area contributed by atoms with Crippen LogP contribution < -0.4 is 0 Å². The van der Waals surface area contributed by atoms with Crippen molar-refractivity contribution in [2.45, 2.75) is 32.8 Å². The second kappa shape index (κ2) is 4.61. The Balaban J connectivity index is 2.37. The van der Waals surface area contributed by atoms with Crippen molar-refractivity contribution >= 4 is 5.97 Å². The van der Waals surface area contributed by atoms with E-state index in [9.17, 15) is 4.79 Å². The maximum Gasteiger partial charge on any atom is 0.310 e. The van der Waals surface area contributed by atoms with Gasteiger partial charge >= 0.3 is 5.97 Å². The van der Waals surface area contributed by atoms with E-state index in [1.165, 1.54) is 0 Å². The number of hydrogen-bond acceptors (Lipinski definition) is 3. The smallest absolute Gasteiger partial charge is 0.310 e. The standard InChI is InChI=1S/C10H19NO2/c1-8(2)13-10(12)9-5-4-6-11(3)7-9/h8-9H,4-7H2,1-3H3. The van der Waals surface area contributed by atoms with Crippen molar-refractivity contribution < 1.29 is 9.53 Å². The fourth-order valence-corrected chi connectivity index (χ4v) is 1.69. The Morgan fingerprint density at radius 3 is 2.77 bits per heavy atom. The monoisotopic (exact) mass is 185 g/mol. The largest absolute Gasteiger partial charge is 0.463 e. The summed E-state index contributed by atoms with van der Waals surface area (Å²) in [7, 11) is 2.05. The van der Waals surface area contributed by atoms with Gasteiger partial charge in [0.05, 0.1) is 12.0 Å². The summed E-state index contributed by atoms with van der Waals surface area (Å²) in [5, 5.41) is 0. The van der Waals surface area contributed by atoms with Crippen LogP contribution in [0.1, 0.15) is 26.7 Å². The fourth-order valence-electron chi connectivity index (χ4n) is 1.69. The average molecular weight is 185 g/mol. The Morgan fingerprint density at radius 2 is 2.23 bits per heavy atom. The molecule has 1 aliphatic rings. The maximum atomic E-state index is 11.5. The zero-order valence-corrected chi connectivity index (χ0v) is 8.75. The molecule has 0 saturated carbocycles. The fraction of sp³-hybridized carbons (Fsp3) is 0.900. The van der Waals surface area contributed by atoms with Crippen molar-refractivity contribution in [3.63, 3.8) is 0 Å². The van der Waals surface area contributed by atoms with E-state index in [2.05, 4.69) is 11.9 Å². The number of esters is 1. The molecule has 1 aliphatic heterocycles. The van der Waals surface area contributed by atoms with Crippen molar-refractivity contribution in [1.29, 1.82) is 0 Å². The summed E-state index contributed by atoms with van der Waals surface area (Å²) in [5.41, 5.74) is 0. The number of rotatable bonds is 2. The van der Waals surface area contributed by atoms with Crippen LogP contribution >= 0.6 is 0 Å². The molecule has 0 radical (unpaired) electrons. The molecule has 0 N–H and O–H groups in total. The van der Waals surface area contributed by atoms with Gasteiger partial charge in [0, 0.05) is 6.54 Å². The Labute approximate surface area is 80.1 Å². The van der Waals surface area contributed by atoms with E-state index in [0.717, 1.165) is 25.9 Å². The molecule has 0 spiro atoms. The molecule has 1 saturated heterocycles. The molecule has 3 nitrogen and oxygen atoms in total. The van der Waals surface area contributed by atoms with E-state index in [1.54, 1.807) is 0 Å². The number of likely N-dealkylation sites (tertiary alicyclic amines) is 1. The van der Waals surface area contributed by atoms with Crippen molar-refractivity contribution in [3.05, 3.63) is 0 Å². The van der Waals surface area contributed by atoms with Gasteiger partial charge in [-0.25, -0.2) is 0 Å². The molecule has 0 aromatic heterocycles. The molecule has 0 aliphatic carbocycles. The van der Waals surface area contributed by atoms with E-state index in [4.69, 9.17) is 4.74 Å². The summed E-state index contributed by atoms with van der Waals surface area (Å²) in [6.07, 6.45) is 2.10. The molecular formula is C10H19NO2. The molecule has 76 valence electrons. The normalized spacial score (nSPS) is 24.8. The minimum absolute atomic E-state index is 0.0136. The third-order valence-electron chi connectivity index (χ3n) is 2.31. The van der Waals surface area contributed by atoms with Gasteiger partial charge in [0.25, 0.3) is 0 Å². The van der Waals surface area contributed by atoms with Crippen molar-refractivity contribution in [3.8, 4) is 0 Å². The van der Waals surface area contributed by atoms with Gasteiger partial charge in [0.2, 0.25) is 0 Å². The van der Waals surface area contributed by atoms with Crippen LogP contribution in [0.5, 0.6) is 0 Å². The van der Waals surface area contributed by atoms with E-state index in [-0.39, 0.29) is 18.0 Å². The molecule has 0 bridgehead atoms. The van der Waals surface area contributed by atoms with Gasteiger partial charge in [-0.15, -0.1) is 0 Å². The molecule has 1 heterocycles. The van der Waals surface area contributed by atoms with E-state index in [1.807, 2.05) is 13.8 Å². The third-order valence-corrected chi connectivity index (χ3v) is 2.31. The first kappa shape index (κ1) is 10.5. The lowest BCUT2D eigenvalue weighted by molar-refractivity contribution is -0.154. The van der Waals surface area contributed by atoms with Gasteiger partial charge in [0.1, 0.15) is 0 Å². The molecule has 1 fully saturated rings. The SMILES string of the molecule is CC(C)OC(=O)C1CCCN(C)C1. The van der Waals surface area contributed by atoms with Gasteiger partial charge in [-0.1, -0.05) is 0 Å². The van der Waals surface area contributed by atoms with E-state index >= 15 is 0 Å². The molecular weight excluding hydrogens is 166 g/mol. The molecule has 1 unspecified atom stereocenters. The number of piperidine rings is 1. The molecule has 3 heteroatoms. The highest BCUT2D eigenvalue weighted by molar-refractivity contribution is 5.72. The van der Waals surface area contributed by atoms with E-state index < -0.39 is 0 Å². The van der Waals surface area contributed by atoms with Gasteiger partial charge < -0.3 is 9.64 Å². The van der Waals surface area contributed by atoms with Crippen LogP contribution in [0.3, 0.4) is 0 Å². The van der Waals surface area contributed by atoms with E-state index in [0.29, 0.717) is 0 Å². The van der Waals surface area contributed by atoms with Crippen LogP contribution in [0.2, 0.25) is 0 Å². The first-order valence-electron chi connectivity index (χ1n) is 4.98. The summed E-state index contributed by atoms with van der Waals surface area (Å²) < 4.78 is 5.17. The molecule has 0 amide bonds. The van der Waals surface area contributed by atoms with Crippen LogP contribution in [-0.2, 0) is 9.53 Å². The number of ether oxygens (including phenoxy) is 1. The average Bonchev–Trinajstić information content (AvgIpc) is 2.03. The molecule has 0 aromatic rings. The molecule has 0 aromatic carbocycles. The molecule has 1 rings (SSSR count). The first-order chi connectivity index (χ1) is 6.09. The zero-order valence-electron chi connectivity index (χ0n) is 8.75. The minimum Gasteiger partial charge on any atom is -0.463 e. The summed E-state index contributed by atoms with van der Waals surface area (Å²) in [6.45, 7) is 5.74. The predicted octanol–water partition coefficient (Wildman–Crippen LogP) is 1.28. The lowest BCUT2D eigenvalue weighted by Crippen LogP contribution is -2.37. The van der Waals surface area contributed by atoms with Gasteiger partial charge in [0.15, 0.2) is 0 Å². The van der Waals surface area contributed by atoms with Gasteiger partial charge in [-0.2, -0.15) is 0 Å². The van der Waals surface area contributed by atoms with Crippen LogP contribution in [0, 0.1) is 5.92 Å². The number of carbonyl (C=O) groups excluding carboxylic acids is 1. The molecule has 13 heavy (non-hydrogen) atoms. The quantitative estimate of drug-likeness (QED) is 0.607. The lowest BCUT2D eigenvalue weighted by atomic mass is 9.99. The van der Waals surface area contributed by atoms with Crippen LogP contribution in [0.4, 0.5) is 0 Å². The second-order valence-corrected chi connectivity index (χ2v) is 4.09. The molecule has 1 atom stereocenters. The highest BCUT2D eigenvalue weighted by Gasteiger charge is 2.25. The highest BCUT2D eigenvalue weighted by Crippen LogP contribution is 2.16. The van der Waals surface area contributed by atoms with Crippen molar-refractivity contribution in [2.75, 3.05) is 20.1 Å². The van der Waals surface area contributed by atoms with Crippen LogP contribution in [0.25, 0.3) is 0 Å². The summed E-state index contributed by atoms with van der Waals surface area (Å²) in [4.78, 5) is 13.7. The summed E-state index contributed by atoms with van der Waals surface area (Å²) in [5.74, 6) is 0.0719. The van der Waals surface area contributed by atoms with Gasteiger partial charge in [-0.3, -0.25) is 4.79 Å². The third kappa shape index (κ3) is 3.35. The first-order valence-corrected chi connectivity index (χ1v) is 4.98. The topological polar surface area (TPSA) is 29.5 Å². The number of carbonyl (C=O) groups is 1. The Kier molecular flexibility index (Phi) is 3.72. The minimum atomic E-state index is -0.0263. The Hall–Kier alpha value is -0.570. The Morgan fingerprint density at radius 1 is 1.54 bits per heavy atom. The lowest BCUT2D eigenvalue weighted by Gasteiger charge is -2.28. The highest BCUT2D eigenvalue weighted by atomic mass is 16.5. The Bertz CT molecular complexity index is 180. The van der Waals surface area contributed by atoms with Gasteiger partial charge in [-0.05, 0) is 40.3 Å². The van der Waals surface area contributed by atoms with Crippen LogP contribution in [0.15, 0.2) is 0 Å². The summed E-state index contributed by atoms with van der Waals surface area (Å²) in [6, 6.07) is 0. The predicted molar refractivity (Wildman–Crippen MR) is 51.4 cm³/mol. The maximum absolute atomic E-state index is 11.5. The summed E-state index contributed by atoms with van der Waals surface area (Å²) >= 11 is 0.